The molecule has 1 aromatic rings. The Morgan fingerprint density at radius 3 is 2.40 bits per heavy atom. The Morgan fingerprint density at radius 1 is 1.05 bits per heavy atom. The molecule has 1 saturated heterocycles. The van der Waals surface area contributed by atoms with Crippen LogP contribution in [0.2, 0.25) is 0 Å². The van der Waals surface area contributed by atoms with E-state index in [-0.39, 0.29) is 5.95 Å². The van der Waals surface area contributed by atoms with Gasteiger partial charge in [-0.3, -0.25) is 4.90 Å². The zero-order chi connectivity index (χ0) is 13.9. The Hall–Kier alpha value is -1.16. The van der Waals surface area contributed by atoms with Crippen molar-refractivity contribution in [2.45, 2.75) is 38.6 Å². The standard InChI is InChI=1S/C16H24FN3/c1-13-5-7-14(8-6-13)19-9-11-20(12-10-19)16-4-2-3-15(17)18-16/h2-4,13-14H,5-12H2,1H3. The zero-order valence-corrected chi connectivity index (χ0v) is 12.3. The molecule has 0 N–H and O–H groups in total. The molecule has 1 saturated carbocycles. The van der Waals surface area contributed by atoms with Gasteiger partial charge in [0.15, 0.2) is 0 Å². The van der Waals surface area contributed by atoms with E-state index < -0.39 is 0 Å². The van der Waals surface area contributed by atoms with Gasteiger partial charge in [-0.05, 0) is 43.7 Å². The number of rotatable bonds is 2. The van der Waals surface area contributed by atoms with Gasteiger partial charge in [-0.2, -0.15) is 4.39 Å². The summed E-state index contributed by atoms with van der Waals surface area (Å²) in [6.07, 6.45) is 5.44. The van der Waals surface area contributed by atoms with E-state index in [1.165, 1.54) is 31.7 Å². The lowest BCUT2D eigenvalue weighted by atomic mass is 9.86. The monoisotopic (exact) mass is 277 g/mol. The molecule has 2 fully saturated rings. The third kappa shape index (κ3) is 3.11. The van der Waals surface area contributed by atoms with Crippen LogP contribution in [-0.2, 0) is 0 Å². The van der Waals surface area contributed by atoms with Gasteiger partial charge in [-0.15, -0.1) is 0 Å². The molecule has 0 radical (unpaired) electrons. The van der Waals surface area contributed by atoms with Gasteiger partial charge in [0.2, 0.25) is 5.95 Å². The van der Waals surface area contributed by atoms with Crippen LogP contribution in [0, 0.1) is 11.9 Å². The first kappa shape index (κ1) is 13.8. The van der Waals surface area contributed by atoms with Crippen LogP contribution >= 0.6 is 0 Å². The van der Waals surface area contributed by atoms with E-state index in [2.05, 4.69) is 21.7 Å². The van der Waals surface area contributed by atoms with Crippen molar-refractivity contribution in [1.82, 2.24) is 9.88 Å². The molecule has 3 rings (SSSR count). The Labute approximate surface area is 120 Å². The first-order chi connectivity index (χ1) is 9.72. The maximum atomic E-state index is 13.2. The normalized spacial score (nSPS) is 28.6. The van der Waals surface area contributed by atoms with Crippen molar-refractivity contribution in [3.63, 3.8) is 0 Å². The summed E-state index contributed by atoms with van der Waals surface area (Å²) in [5.41, 5.74) is 0. The quantitative estimate of drug-likeness (QED) is 0.775. The number of pyridine rings is 1. The molecule has 0 unspecified atom stereocenters. The molecule has 0 aromatic carbocycles. The molecule has 0 amide bonds. The molecule has 0 atom stereocenters. The minimum atomic E-state index is -0.383. The topological polar surface area (TPSA) is 19.4 Å². The van der Waals surface area contributed by atoms with Crippen LogP contribution in [0.5, 0.6) is 0 Å². The molecule has 2 aliphatic rings. The molecule has 3 nitrogen and oxygen atoms in total. The molecular formula is C16H24FN3. The van der Waals surface area contributed by atoms with Crippen LogP contribution in [0.1, 0.15) is 32.6 Å². The Bertz CT molecular complexity index is 435. The average Bonchev–Trinajstić information content (AvgIpc) is 2.48. The molecule has 110 valence electrons. The summed E-state index contributed by atoms with van der Waals surface area (Å²) in [4.78, 5) is 8.81. The van der Waals surface area contributed by atoms with Crippen molar-refractivity contribution in [1.29, 1.82) is 0 Å². The summed E-state index contributed by atoms with van der Waals surface area (Å²) in [5, 5.41) is 0. The highest BCUT2D eigenvalue weighted by Crippen LogP contribution is 2.28. The third-order valence-electron chi connectivity index (χ3n) is 4.84. The second-order valence-electron chi connectivity index (χ2n) is 6.26. The lowest BCUT2D eigenvalue weighted by Gasteiger charge is -2.42. The SMILES string of the molecule is CC1CCC(N2CCN(c3cccc(F)n3)CC2)CC1. The van der Waals surface area contributed by atoms with E-state index in [4.69, 9.17) is 0 Å². The third-order valence-corrected chi connectivity index (χ3v) is 4.84. The van der Waals surface area contributed by atoms with E-state index in [1.807, 2.05) is 6.07 Å². The molecule has 1 aromatic heterocycles. The van der Waals surface area contributed by atoms with E-state index in [1.54, 1.807) is 6.07 Å². The van der Waals surface area contributed by atoms with Crippen molar-refractivity contribution in [2.75, 3.05) is 31.1 Å². The predicted molar refractivity (Wildman–Crippen MR) is 79.4 cm³/mol. The fourth-order valence-electron chi connectivity index (χ4n) is 3.50. The van der Waals surface area contributed by atoms with Crippen LogP contribution in [0.25, 0.3) is 0 Å². The van der Waals surface area contributed by atoms with E-state index >= 15 is 0 Å². The van der Waals surface area contributed by atoms with Gasteiger partial charge in [-0.25, -0.2) is 4.98 Å². The molecule has 0 bridgehead atoms. The number of anilines is 1. The van der Waals surface area contributed by atoms with Crippen molar-refractivity contribution in [2.24, 2.45) is 5.92 Å². The van der Waals surface area contributed by atoms with Gasteiger partial charge < -0.3 is 4.90 Å². The first-order valence-corrected chi connectivity index (χ1v) is 7.84. The first-order valence-electron chi connectivity index (χ1n) is 7.84. The fourth-order valence-corrected chi connectivity index (χ4v) is 3.50. The van der Waals surface area contributed by atoms with Gasteiger partial charge in [0.1, 0.15) is 5.82 Å². The maximum absolute atomic E-state index is 13.2. The van der Waals surface area contributed by atoms with Crippen LogP contribution in [0.4, 0.5) is 10.2 Å². The molecule has 1 aliphatic heterocycles. The Balaban J connectivity index is 1.54. The highest BCUT2D eigenvalue weighted by Gasteiger charge is 2.27. The Kier molecular flexibility index (Phi) is 4.20. The predicted octanol–water partition coefficient (Wildman–Crippen LogP) is 2.92. The van der Waals surface area contributed by atoms with Crippen molar-refractivity contribution in [3.8, 4) is 0 Å². The summed E-state index contributed by atoms with van der Waals surface area (Å²) in [6, 6.07) is 5.82. The molecular weight excluding hydrogens is 253 g/mol. The largest absolute Gasteiger partial charge is 0.354 e. The minimum absolute atomic E-state index is 0.383. The number of nitrogens with zero attached hydrogens (tertiary/aromatic N) is 3. The van der Waals surface area contributed by atoms with E-state index in [9.17, 15) is 4.39 Å². The number of piperazine rings is 1. The van der Waals surface area contributed by atoms with Gasteiger partial charge in [0, 0.05) is 32.2 Å². The molecule has 2 heterocycles. The number of aromatic nitrogens is 1. The summed E-state index contributed by atoms with van der Waals surface area (Å²) in [5.74, 6) is 1.30. The molecule has 0 spiro atoms. The zero-order valence-electron chi connectivity index (χ0n) is 12.3. The van der Waals surface area contributed by atoms with Gasteiger partial charge in [-0.1, -0.05) is 13.0 Å². The minimum Gasteiger partial charge on any atom is -0.354 e. The maximum Gasteiger partial charge on any atom is 0.214 e. The number of halogens is 1. The molecule has 20 heavy (non-hydrogen) atoms. The van der Waals surface area contributed by atoms with E-state index in [0.717, 1.165) is 44.0 Å². The Morgan fingerprint density at radius 2 is 1.75 bits per heavy atom. The molecule has 4 heteroatoms. The van der Waals surface area contributed by atoms with Gasteiger partial charge in [0.05, 0.1) is 0 Å². The highest BCUT2D eigenvalue weighted by molar-refractivity contribution is 5.38. The fraction of sp³-hybridized carbons (Fsp3) is 0.688. The summed E-state index contributed by atoms with van der Waals surface area (Å²) >= 11 is 0. The van der Waals surface area contributed by atoms with Crippen LogP contribution in [-0.4, -0.2) is 42.1 Å². The number of hydrogen-bond acceptors (Lipinski definition) is 3. The lowest BCUT2D eigenvalue weighted by molar-refractivity contribution is 0.132. The van der Waals surface area contributed by atoms with Crippen molar-refractivity contribution in [3.05, 3.63) is 24.1 Å². The van der Waals surface area contributed by atoms with E-state index in [0.29, 0.717) is 0 Å². The smallest absolute Gasteiger partial charge is 0.214 e. The second-order valence-corrected chi connectivity index (χ2v) is 6.26. The van der Waals surface area contributed by atoms with Gasteiger partial charge in [0.25, 0.3) is 0 Å². The summed E-state index contributed by atoms with van der Waals surface area (Å²) in [6.45, 7) is 6.45. The van der Waals surface area contributed by atoms with Crippen molar-refractivity contribution >= 4 is 5.82 Å². The van der Waals surface area contributed by atoms with Crippen LogP contribution < -0.4 is 4.90 Å². The van der Waals surface area contributed by atoms with Crippen LogP contribution in [0.15, 0.2) is 18.2 Å². The second kappa shape index (κ2) is 6.08. The van der Waals surface area contributed by atoms with Gasteiger partial charge >= 0.3 is 0 Å². The lowest BCUT2D eigenvalue weighted by Crippen LogP contribution is -2.51. The average molecular weight is 277 g/mol. The van der Waals surface area contributed by atoms with Crippen LogP contribution in [0.3, 0.4) is 0 Å². The van der Waals surface area contributed by atoms with Crippen molar-refractivity contribution < 1.29 is 4.39 Å². The summed E-state index contributed by atoms with van der Waals surface area (Å²) in [7, 11) is 0. The highest BCUT2D eigenvalue weighted by atomic mass is 19.1. The molecule has 1 aliphatic carbocycles. The summed E-state index contributed by atoms with van der Waals surface area (Å²) < 4.78 is 13.2. The number of hydrogen-bond donors (Lipinski definition) is 0.